The Morgan fingerprint density at radius 1 is 1.56 bits per heavy atom. The Hall–Kier alpha value is -2.08. The molecule has 0 fully saturated rings. The van der Waals surface area contributed by atoms with E-state index in [4.69, 9.17) is 16.3 Å². The number of nitro groups is 1. The first-order valence-electron chi connectivity index (χ1n) is 5.10. The summed E-state index contributed by atoms with van der Waals surface area (Å²) in [6.45, 7) is 0.203. The lowest BCUT2D eigenvalue weighted by Gasteiger charge is -2.05. The summed E-state index contributed by atoms with van der Waals surface area (Å²) in [5.41, 5.74) is 0.718. The van der Waals surface area contributed by atoms with Crippen molar-refractivity contribution < 1.29 is 9.66 Å². The van der Waals surface area contributed by atoms with Crippen LogP contribution in [0.4, 0.5) is 5.69 Å². The van der Waals surface area contributed by atoms with E-state index in [1.807, 2.05) is 0 Å². The van der Waals surface area contributed by atoms with Gasteiger partial charge in [-0.2, -0.15) is 5.10 Å². The highest BCUT2D eigenvalue weighted by atomic mass is 35.5. The predicted octanol–water partition coefficient (Wildman–Crippen LogP) is 2.56. The first-order valence-corrected chi connectivity index (χ1v) is 5.48. The van der Waals surface area contributed by atoms with E-state index in [1.165, 1.54) is 18.2 Å². The Balaban J connectivity index is 2.17. The number of benzene rings is 1. The van der Waals surface area contributed by atoms with Gasteiger partial charge < -0.3 is 4.74 Å². The van der Waals surface area contributed by atoms with E-state index in [1.54, 1.807) is 24.1 Å². The number of aromatic nitrogens is 2. The second kappa shape index (κ2) is 5.05. The number of aryl methyl sites for hydroxylation is 1. The third-order valence-electron chi connectivity index (χ3n) is 2.27. The summed E-state index contributed by atoms with van der Waals surface area (Å²) in [6.07, 6.45) is 3.41. The van der Waals surface area contributed by atoms with Gasteiger partial charge >= 0.3 is 5.69 Å². The third kappa shape index (κ3) is 2.78. The van der Waals surface area contributed by atoms with Crippen molar-refractivity contribution in [2.24, 2.45) is 7.05 Å². The molecule has 6 nitrogen and oxygen atoms in total. The summed E-state index contributed by atoms with van der Waals surface area (Å²) in [4.78, 5) is 10.3. The monoisotopic (exact) mass is 267 g/mol. The van der Waals surface area contributed by atoms with E-state index in [-0.39, 0.29) is 18.0 Å². The summed E-state index contributed by atoms with van der Waals surface area (Å²) in [7, 11) is 1.78. The molecule has 0 spiro atoms. The molecule has 0 atom stereocenters. The average Bonchev–Trinajstić information content (AvgIpc) is 2.72. The van der Waals surface area contributed by atoms with Crippen LogP contribution in [0.1, 0.15) is 5.56 Å². The Bertz CT molecular complexity index is 583. The normalized spacial score (nSPS) is 10.3. The number of halogens is 1. The summed E-state index contributed by atoms with van der Waals surface area (Å²) in [5.74, 6) is 0.149. The van der Waals surface area contributed by atoms with Gasteiger partial charge in [0.25, 0.3) is 0 Å². The van der Waals surface area contributed by atoms with Crippen LogP contribution in [0.2, 0.25) is 5.02 Å². The lowest BCUT2D eigenvalue weighted by atomic mass is 10.3. The zero-order valence-corrected chi connectivity index (χ0v) is 10.3. The molecule has 1 heterocycles. The second-order valence-electron chi connectivity index (χ2n) is 3.68. The predicted molar refractivity (Wildman–Crippen MR) is 65.6 cm³/mol. The van der Waals surface area contributed by atoms with Crippen LogP contribution in [0.3, 0.4) is 0 Å². The summed E-state index contributed by atoms with van der Waals surface area (Å²) in [6, 6.07) is 4.20. The first-order chi connectivity index (χ1) is 8.56. The lowest BCUT2D eigenvalue weighted by molar-refractivity contribution is -0.385. The van der Waals surface area contributed by atoms with Crippen molar-refractivity contribution in [1.29, 1.82) is 0 Å². The zero-order chi connectivity index (χ0) is 13.1. The van der Waals surface area contributed by atoms with Crippen molar-refractivity contribution in [1.82, 2.24) is 9.78 Å². The Kier molecular flexibility index (Phi) is 3.47. The molecular weight excluding hydrogens is 258 g/mol. The van der Waals surface area contributed by atoms with Crippen LogP contribution in [0, 0.1) is 10.1 Å². The Morgan fingerprint density at radius 2 is 2.33 bits per heavy atom. The molecule has 0 N–H and O–H groups in total. The maximum Gasteiger partial charge on any atom is 0.311 e. The quantitative estimate of drug-likeness (QED) is 0.630. The molecule has 2 rings (SSSR count). The van der Waals surface area contributed by atoms with Crippen molar-refractivity contribution in [2.75, 3.05) is 0 Å². The number of hydrogen-bond donors (Lipinski definition) is 0. The average molecular weight is 268 g/mol. The van der Waals surface area contributed by atoms with E-state index in [9.17, 15) is 10.1 Å². The van der Waals surface area contributed by atoms with E-state index in [0.717, 1.165) is 5.56 Å². The van der Waals surface area contributed by atoms with Gasteiger partial charge in [0.05, 0.1) is 11.1 Å². The number of nitro benzene ring substituents is 1. The van der Waals surface area contributed by atoms with E-state index in [2.05, 4.69) is 5.10 Å². The topological polar surface area (TPSA) is 70.2 Å². The largest absolute Gasteiger partial charge is 0.482 e. The maximum absolute atomic E-state index is 10.8. The van der Waals surface area contributed by atoms with E-state index < -0.39 is 4.92 Å². The summed E-state index contributed by atoms with van der Waals surface area (Å²) >= 11 is 5.79. The lowest BCUT2D eigenvalue weighted by Crippen LogP contribution is -1.98. The van der Waals surface area contributed by atoms with Gasteiger partial charge in [0.15, 0.2) is 5.75 Å². The van der Waals surface area contributed by atoms with E-state index >= 15 is 0 Å². The second-order valence-corrected chi connectivity index (χ2v) is 4.12. The minimum Gasteiger partial charge on any atom is -0.482 e. The molecule has 1 aromatic carbocycles. The van der Waals surface area contributed by atoms with Gasteiger partial charge in [-0.25, -0.2) is 0 Å². The minimum atomic E-state index is -0.505. The molecule has 18 heavy (non-hydrogen) atoms. The molecule has 2 aromatic rings. The molecule has 0 aliphatic carbocycles. The number of hydrogen-bond acceptors (Lipinski definition) is 4. The standard InChI is InChI=1S/C11H10ClN3O3/c1-14-6-8(5-13-14)7-18-11-4-9(12)2-3-10(11)15(16)17/h2-6H,7H2,1H3. The van der Waals surface area contributed by atoms with Gasteiger partial charge in [-0.05, 0) is 6.07 Å². The minimum absolute atomic E-state index is 0.108. The van der Waals surface area contributed by atoms with Gasteiger partial charge in [0.1, 0.15) is 6.61 Å². The number of ether oxygens (including phenoxy) is 1. The van der Waals surface area contributed by atoms with Crippen LogP contribution >= 0.6 is 11.6 Å². The highest BCUT2D eigenvalue weighted by Crippen LogP contribution is 2.30. The van der Waals surface area contributed by atoms with Crippen LogP contribution in [0.15, 0.2) is 30.6 Å². The van der Waals surface area contributed by atoms with Crippen LogP contribution in [0.5, 0.6) is 5.75 Å². The van der Waals surface area contributed by atoms with Crippen molar-refractivity contribution in [2.45, 2.75) is 6.61 Å². The number of nitrogens with zero attached hydrogens (tertiary/aromatic N) is 3. The highest BCUT2D eigenvalue weighted by Gasteiger charge is 2.15. The van der Waals surface area contributed by atoms with Gasteiger partial charge in [-0.3, -0.25) is 14.8 Å². The van der Waals surface area contributed by atoms with Gasteiger partial charge in [0.2, 0.25) is 0 Å². The molecule has 7 heteroatoms. The molecule has 0 saturated heterocycles. The van der Waals surface area contributed by atoms with Gasteiger partial charge in [0, 0.05) is 36.0 Å². The zero-order valence-electron chi connectivity index (χ0n) is 9.54. The van der Waals surface area contributed by atoms with Crippen molar-refractivity contribution in [3.05, 3.63) is 51.3 Å². The van der Waals surface area contributed by atoms with Gasteiger partial charge in [-0.1, -0.05) is 11.6 Å². The molecule has 0 bridgehead atoms. The van der Waals surface area contributed by atoms with Crippen molar-refractivity contribution in [3.8, 4) is 5.75 Å². The molecule has 94 valence electrons. The SMILES string of the molecule is Cn1cc(COc2cc(Cl)ccc2[N+](=O)[O-])cn1. The number of rotatable bonds is 4. The molecule has 0 radical (unpaired) electrons. The Morgan fingerprint density at radius 3 is 2.94 bits per heavy atom. The van der Waals surface area contributed by atoms with Crippen LogP contribution < -0.4 is 4.74 Å². The molecule has 0 saturated carbocycles. The molecule has 0 amide bonds. The molecule has 0 unspecified atom stereocenters. The van der Waals surface area contributed by atoms with E-state index in [0.29, 0.717) is 5.02 Å². The smallest absolute Gasteiger partial charge is 0.311 e. The van der Waals surface area contributed by atoms with Gasteiger partial charge in [-0.15, -0.1) is 0 Å². The summed E-state index contributed by atoms with van der Waals surface area (Å²) in [5, 5.41) is 15.2. The highest BCUT2D eigenvalue weighted by molar-refractivity contribution is 6.30. The molecular formula is C11H10ClN3O3. The van der Waals surface area contributed by atoms with Crippen LogP contribution in [-0.2, 0) is 13.7 Å². The van der Waals surface area contributed by atoms with Crippen LogP contribution in [0.25, 0.3) is 0 Å². The first kappa shape index (κ1) is 12.4. The molecule has 1 aromatic heterocycles. The fourth-order valence-electron chi connectivity index (χ4n) is 1.46. The fourth-order valence-corrected chi connectivity index (χ4v) is 1.62. The Labute approximate surface area is 108 Å². The molecule has 0 aliphatic heterocycles. The van der Waals surface area contributed by atoms with Crippen molar-refractivity contribution >= 4 is 17.3 Å². The van der Waals surface area contributed by atoms with Crippen molar-refractivity contribution in [3.63, 3.8) is 0 Å². The third-order valence-corrected chi connectivity index (χ3v) is 2.51. The van der Waals surface area contributed by atoms with Crippen LogP contribution in [-0.4, -0.2) is 14.7 Å². The fraction of sp³-hybridized carbons (Fsp3) is 0.182. The summed E-state index contributed by atoms with van der Waals surface area (Å²) < 4.78 is 7.03. The molecule has 0 aliphatic rings. The maximum atomic E-state index is 10.8.